The van der Waals surface area contributed by atoms with E-state index in [0.717, 1.165) is 139 Å². The zero-order valence-electron chi connectivity index (χ0n) is 69.2. The molecule has 4 atom stereocenters. The first-order valence-electron chi connectivity index (χ1n) is 39.7. The van der Waals surface area contributed by atoms with E-state index in [1.165, 1.54) is 42.3 Å². The molecule has 36 heteroatoms. The average Bonchev–Trinajstić information content (AvgIpc) is 1.59. The molecule has 4 aliphatic rings. The number of aliphatic carboxylic acids is 4. The fraction of sp³-hybridized carbons (Fsp3) is 0.333. The van der Waals surface area contributed by atoms with E-state index in [2.05, 4.69) is 123 Å². The van der Waals surface area contributed by atoms with Crippen molar-refractivity contribution in [1.29, 1.82) is 0 Å². The lowest BCUT2D eigenvalue weighted by Gasteiger charge is -2.20. The third-order valence-electron chi connectivity index (χ3n) is 23.4. The summed E-state index contributed by atoms with van der Waals surface area (Å²) in [6.07, 6.45) is 6.51. The predicted octanol–water partition coefficient (Wildman–Crippen LogP) is 19.7. The smallest absolute Gasteiger partial charge is 0.481 e. The van der Waals surface area contributed by atoms with Crippen molar-refractivity contribution in [2.24, 2.45) is 0 Å². The van der Waals surface area contributed by atoms with Gasteiger partial charge in [-0.1, -0.05) is 93.0 Å². The Labute approximate surface area is 765 Å². The summed E-state index contributed by atoms with van der Waals surface area (Å²) in [6, 6.07) is 41.3. The number of benzene rings is 8. The van der Waals surface area contributed by atoms with Gasteiger partial charge >= 0.3 is 30.2 Å². The van der Waals surface area contributed by atoms with Crippen LogP contribution in [0.25, 0.3) is 43.6 Å². The normalized spacial score (nSPS) is 16.3. The van der Waals surface area contributed by atoms with Crippen molar-refractivity contribution >= 4 is 192 Å². The van der Waals surface area contributed by atoms with Crippen LogP contribution in [0.1, 0.15) is 169 Å². The number of sulfone groups is 5. The molecule has 16 rings (SSSR count). The van der Waals surface area contributed by atoms with Crippen LogP contribution in [0, 0.1) is 0 Å². The van der Waals surface area contributed by atoms with Crippen LogP contribution in [-0.4, -0.2) is 142 Å². The molecular weight excluding hydrogens is 2010 g/mol. The predicted molar refractivity (Wildman–Crippen MR) is 490 cm³/mol. The molecule has 4 heterocycles. The van der Waals surface area contributed by atoms with Crippen LogP contribution in [0.15, 0.2) is 188 Å². The molecule has 8 aromatic carbocycles. The van der Waals surface area contributed by atoms with E-state index >= 15 is 0 Å². The fourth-order valence-electron chi connectivity index (χ4n) is 18.0. The van der Waals surface area contributed by atoms with Crippen molar-refractivity contribution in [3.05, 3.63) is 241 Å². The molecule has 23 nitrogen and oxygen atoms in total. The molecule has 4 aromatic heterocycles. The molecule has 0 saturated heterocycles. The Hall–Kier alpha value is -8.65. The van der Waals surface area contributed by atoms with E-state index in [4.69, 9.17) is 11.6 Å². The topological polar surface area (TPSA) is 349 Å². The van der Waals surface area contributed by atoms with Crippen LogP contribution in [0.5, 0.6) is 5.75 Å². The molecule has 0 saturated carbocycles. The second-order valence-electron chi connectivity index (χ2n) is 33.6. The highest BCUT2D eigenvalue weighted by molar-refractivity contribution is 9.11. The number of carbonyl (C=O) groups is 4. The van der Waals surface area contributed by atoms with Crippen molar-refractivity contribution in [3.8, 4) is 5.75 Å². The first-order chi connectivity index (χ1) is 58.7. The number of rotatable bonds is 22. The summed E-state index contributed by atoms with van der Waals surface area (Å²) in [5, 5.41) is 41.5. The standard InChI is InChI=1S/C25H28BrNO4S.C22H19BrF3NO5S.C22H22BrNO6S2.C21H19BrClNO4S/c1-25(2,3)17-8-5-15(6-9-17)14-27-23-16(11-22(28)29)7-10-19(23)20-12-18(32(4,30)31)13-21(26)24(20)27;1-33(30,31)15-9-17-16-6-5-13(8-19(28)29)20(16)27(21(17)18(23)10-15)11-12-3-2-4-14(7-12)32-22(24,25)26;1-31(27,28)15-6-3-13(4-7-15)12-24-21-14(9-20(25)26)5-8-17(21)18-10-16(32(2,29)30)11-19(23)22(18)24;1-29(27,28)15-9-17-16-6-5-13(8-19(25)26)20(16)24(21(17)18(22)10-15)11-12-3-2-4-14(23)7-12/h5-6,8-9,12-13,16H,7,10-11,14H2,1-4H3,(H,28,29);2-4,7,9-10,13H,5-6,8,11H2,1H3,(H,28,29);3-4,6-7,10-11,14H,5,8-9,12H2,1-2H3,(H,25,26);2-4,7,9-10,13H,5-6,8,11H2,1H3,(H,25,26). The summed E-state index contributed by atoms with van der Waals surface area (Å²) in [7, 11) is -17.0. The number of carboxylic acids is 4. The van der Waals surface area contributed by atoms with Gasteiger partial charge in [0.05, 0.1) is 72.2 Å². The van der Waals surface area contributed by atoms with E-state index in [1.807, 2.05) is 33.4 Å². The van der Waals surface area contributed by atoms with E-state index in [9.17, 15) is 94.9 Å². The number of fused-ring (bicyclic) bond motifs is 12. The van der Waals surface area contributed by atoms with Crippen molar-refractivity contribution in [2.75, 3.05) is 31.3 Å². The lowest BCUT2D eigenvalue weighted by Crippen LogP contribution is -2.17. The molecule has 0 bridgehead atoms. The number of aryl methyl sites for hydroxylation is 4. The van der Waals surface area contributed by atoms with Gasteiger partial charge in [0.2, 0.25) is 0 Å². The Morgan fingerprint density at radius 2 is 0.651 bits per heavy atom. The molecule has 0 fully saturated rings. The van der Waals surface area contributed by atoms with Crippen LogP contribution in [0.4, 0.5) is 13.2 Å². The fourth-order valence-corrected chi connectivity index (χ4v) is 24.9. The first-order valence-corrected chi connectivity index (χ1v) is 52.7. The number of carboxylic acid groups (broad SMARTS) is 4. The Morgan fingerprint density at radius 3 is 0.913 bits per heavy atom. The maximum atomic E-state index is 12.7. The zero-order valence-corrected chi connectivity index (χ0v) is 80.4. The van der Waals surface area contributed by atoms with Gasteiger partial charge in [0.25, 0.3) is 0 Å². The van der Waals surface area contributed by atoms with Gasteiger partial charge in [0.15, 0.2) is 49.2 Å². The number of aromatic nitrogens is 4. The molecule has 12 aromatic rings. The van der Waals surface area contributed by atoms with Crippen molar-refractivity contribution in [3.63, 3.8) is 0 Å². The molecular formula is C90H88Br4ClF3N4O19S5. The van der Waals surface area contributed by atoms with Gasteiger partial charge in [-0.2, -0.15) is 0 Å². The van der Waals surface area contributed by atoms with Crippen molar-refractivity contribution < 1.29 is 99.6 Å². The Kier molecular flexibility index (Phi) is 27.4. The highest BCUT2D eigenvalue weighted by atomic mass is 79.9. The summed E-state index contributed by atoms with van der Waals surface area (Å²) in [4.78, 5) is 47.0. The number of hydrogen-bond donors (Lipinski definition) is 4. The van der Waals surface area contributed by atoms with Crippen LogP contribution < -0.4 is 4.74 Å². The molecule has 0 spiro atoms. The quantitative estimate of drug-likeness (QED) is 0.0489. The average molecular weight is 2100 g/mol. The molecule has 4 N–H and O–H groups in total. The van der Waals surface area contributed by atoms with E-state index in [0.29, 0.717) is 84.7 Å². The van der Waals surface area contributed by atoms with Crippen LogP contribution >= 0.6 is 75.3 Å². The van der Waals surface area contributed by atoms with E-state index in [-0.39, 0.29) is 91.5 Å². The molecule has 0 radical (unpaired) electrons. The summed E-state index contributed by atoms with van der Waals surface area (Å²) in [5.41, 5.74) is 15.7. The lowest BCUT2D eigenvalue weighted by atomic mass is 9.87. The second-order valence-corrected chi connectivity index (χ2v) is 47.5. The minimum absolute atomic E-state index is 0.00705. The minimum Gasteiger partial charge on any atom is -0.481 e. The second kappa shape index (κ2) is 36.4. The minimum atomic E-state index is -4.82. The van der Waals surface area contributed by atoms with Gasteiger partial charge in [-0.3, -0.25) is 19.2 Å². The molecule has 4 unspecified atom stereocenters. The Bertz CT molecular complexity index is 7070. The van der Waals surface area contributed by atoms with Gasteiger partial charge in [-0.25, -0.2) is 42.1 Å². The summed E-state index contributed by atoms with van der Waals surface area (Å²) in [6.45, 7) is 8.24. The van der Waals surface area contributed by atoms with Gasteiger partial charge in [0, 0.05) is 148 Å². The summed E-state index contributed by atoms with van der Waals surface area (Å²) < 4.78 is 174. The molecule has 0 aliphatic heterocycles. The highest BCUT2D eigenvalue weighted by Gasteiger charge is 2.39. The van der Waals surface area contributed by atoms with E-state index in [1.54, 1.807) is 72.8 Å². The van der Waals surface area contributed by atoms with Crippen LogP contribution in [-0.2, 0) is 126 Å². The molecule has 126 heavy (non-hydrogen) atoms. The summed E-state index contributed by atoms with van der Waals surface area (Å²) >= 11 is 20.3. The number of nitrogens with zero attached hydrogens (tertiary/aromatic N) is 4. The zero-order chi connectivity index (χ0) is 91.9. The van der Waals surface area contributed by atoms with Gasteiger partial charge in [-0.15, -0.1) is 13.2 Å². The number of alkyl halides is 3. The van der Waals surface area contributed by atoms with Gasteiger partial charge < -0.3 is 43.4 Å². The number of ether oxygens (including phenoxy) is 1. The monoisotopic (exact) mass is 2100 g/mol. The van der Waals surface area contributed by atoms with Gasteiger partial charge in [0.1, 0.15) is 5.75 Å². The molecule has 668 valence electrons. The highest BCUT2D eigenvalue weighted by Crippen LogP contribution is 2.51. The first kappa shape index (κ1) is 94.9. The van der Waals surface area contributed by atoms with Gasteiger partial charge in [-0.05, 0) is 256 Å². The van der Waals surface area contributed by atoms with Crippen molar-refractivity contribution in [1.82, 2.24) is 18.3 Å². The maximum absolute atomic E-state index is 12.7. The Morgan fingerprint density at radius 1 is 0.381 bits per heavy atom. The molecule has 0 amide bonds. The number of hydrogen-bond acceptors (Lipinski definition) is 15. The largest absolute Gasteiger partial charge is 0.573 e. The van der Waals surface area contributed by atoms with Crippen molar-refractivity contribution in [2.45, 2.75) is 184 Å². The van der Waals surface area contributed by atoms with Crippen LogP contribution in [0.2, 0.25) is 5.02 Å². The molecule has 4 aliphatic carbocycles. The SMILES string of the molecule is CC(C)(C)c1ccc(Cn2c3c(c4cc(S(C)(=O)=O)cc(Br)c42)CCC3CC(=O)O)cc1.CS(=O)(=O)c1cc(Br)c2c(c1)c1c(n2Cc2cccc(Cl)c2)C(CC(=O)O)CC1.CS(=O)(=O)c1cc(Br)c2c(c1)c1c(n2Cc2cccc(OC(F)(F)F)c2)C(CC(=O)O)CC1.CS(=O)(=O)c1ccc(Cn2c3c(c4cc(S(C)(=O)=O)cc(Br)c42)CCC3CC(=O)O)cc1. The van der Waals surface area contributed by atoms with E-state index < -0.39 is 79.4 Å². The van der Waals surface area contributed by atoms with Crippen LogP contribution in [0.3, 0.4) is 0 Å². The third-order valence-corrected chi connectivity index (χ3v) is 31.5. The summed E-state index contributed by atoms with van der Waals surface area (Å²) in [5.74, 6) is -4.52. The third kappa shape index (κ3) is 20.9. The Balaban J connectivity index is 0.000000144. The maximum Gasteiger partial charge on any atom is 0.573 e. The number of halogens is 8. The lowest BCUT2D eigenvalue weighted by molar-refractivity contribution is -0.274.